The Hall–Kier alpha value is 0.110. The summed E-state index contributed by atoms with van der Waals surface area (Å²) in [6, 6.07) is 0. The van der Waals surface area contributed by atoms with E-state index in [-0.39, 0.29) is 0 Å². The molecule has 2 atom stereocenters. The van der Waals surface area contributed by atoms with Crippen LogP contribution in [0, 0.1) is 0 Å². The minimum Gasteiger partial charge on any atom is -0.365 e. The van der Waals surface area contributed by atoms with Crippen LogP contribution < -0.4 is 0 Å². The van der Waals surface area contributed by atoms with Crippen molar-refractivity contribution in [2.24, 2.45) is 0 Å². The summed E-state index contributed by atoms with van der Waals surface area (Å²) in [7, 11) is -0.683. The third kappa shape index (κ3) is 1.56. The molecule has 1 saturated heterocycles. The van der Waals surface area contributed by atoms with Crippen LogP contribution in [0.25, 0.3) is 0 Å². The molecular weight excluding hydrogens is 124 g/mol. The monoisotopic (exact) mass is 134 g/mol. The molecule has 0 radical (unpaired) electrons. The molecule has 0 bridgehead atoms. The molecule has 0 aromatic rings. The van der Waals surface area contributed by atoms with Crippen molar-refractivity contribution in [2.45, 2.75) is 19.4 Å². The van der Waals surface area contributed by atoms with Crippen molar-refractivity contribution in [2.75, 3.05) is 11.7 Å². The van der Waals surface area contributed by atoms with Crippen LogP contribution >= 0.6 is 0 Å². The van der Waals surface area contributed by atoms with E-state index >= 15 is 0 Å². The van der Waals surface area contributed by atoms with Gasteiger partial charge in [0.2, 0.25) is 0 Å². The third-order valence-electron chi connectivity index (χ3n) is 1.24. The SMILES string of the molecule is CC1CCS(=O)CO1. The molecule has 0 aromatic carbocycles. The second kappa shape index (κ2) is 2.60. The highest BCUT2D eigenvalue weighted by Crippen LogP contribution is 2.06. The highest BCUT2D eigenvalue weighted by Gasteiger charge is 2.12. The van der Waals surface area contributed by atoms with Crippen LogP contribution in [0.1, 0.15) is 13.3 Å². The van der Waals surface area contributed by atoms with Gasteiger partial charge < -0.3 is 4.74 Å². The molecule has 2 nitrogen and oxygen atoms in total. The van der Waals surface area contributed by atoms with E-state index in [0.29, 0.717) is 12.0 Å². The molecule has 1 fully saturated rings. The predicted octanol–water partition coefficient (Wildman–Crippen LogP) is 0.501. The molecule has 0 saturated carbocycles. The van der Waals surface area contributed by atoms with E-state index in [1.807, 2.05) is 6.92 Å². The second-order valence-corrected chi connectivity index (χ2v) is 3.55. The molecule has 2 unspecified atom stereocenters. The molecule has 8 heavy (non-hydrogen) atoms. The molecule has 0 amide bonds. The van der Waals surface area contributed by atoms with Gasteiger partial charge in [-0.1, -0.05) is 0 Å². The summed E-state index contributed by atoms with van der Waals surface area (Å²) >= 11 is 0. The van der Waals surface area contributed by atoms with Crippen LogP contribution in [0.2, 0.25) is 0 Å². The van der Waals surface area contributed by atoms with E-state index in [1.165, 1.54) is 0 Å². The van der Waals surface area contributed by atoms with E-state index in [0.717, 1.165) is 12.2 Å². The van der Waals surface area contributed by atoms with Crippen LogP contribution in [-0.4, -0.2) is 22.0 Å². The zero-order valence-corrected chi connectivity index (χ0v) is 5.74. The van der Waals surface area contributed by atoms with Crippen LogP contribution in [0.4, 0.5) is 0 Å². The van der Waals surface area contributed by atoms with E-state index in [9.17, 15) is 4.21 Å². The van der Waals surface area contributed by atoms with Crippen molar-refractivity contribution in [3.8, 4) is 0 Å². The Morgan fingerprint density at radius 3 is 2.88 bits per heavy atom. The predicted molar refractivity (Wildman–Crippen MR) is 33.0 cm³/mol. The Labute approximate surface area is 51.7 Å². The van der Waals surface area contributed by atoms with Gasteiger partial charge in [-0.05, 0) is 13.3 Å². The largest absolute Gasteiger partial charge is 0.365 e. The summed E-state index contributed by atoms with van der Waals surface area (Å²) in [6.45, 7) is 2.01. The van der Waals surface area contributed by atoms with Gasteiger partial charge in [-0.3, -0.25) is 4.21 Å². The maximum Gasteiger partial charge on any atom is 0.122 e. The van der Waals surface area contributed by atoms with E-state index in [4.69, 9.17) is 4.74 Å². The van der Waals surface area contributed by atoms with E-state index in [1.54, 1.807) is 0 Å². The van der Waals surface area contributed by atoms with Gasteiger partial charge in [0.15, 0.2) is 0 Å². The molecule has 0 aliphatic carbocycles. The van der Waals surface area contributed by atoms with Crippen molar-refractivity contribution in [1.82, 2.24) is 0 Å². The Morgan fingerprint density at radius 2 is 2.50 bits per heavy atom. The highest BCUT2D eigenvalue weighted by atomic mass is 32.2. The molecule has 1 heterocycles. The molecule has 0 aromatic heterocycles. The number of ether oxygens (including phenoxy) is 1. The van der Waals surface area contributed by atoms with Gasteiger partial charge in [-0.25, -0.2) is 0 Å². The number of hydrogen-bond donors (Lipinski definition) is 0. The number of rotatable bonds is 0. The van der Waals surface area contributed by atoms with Crippen molar-refractivity contribution in [3.05, 3.63) is 0 Å². The lowest BCUT2D eigenvalue weighted by Gasteiger charge is -2.17. The Kier molecular flexibility index (Phi) is 2.02. The normalized spacial score (nSPS) is 39.6. The maximum atomic E-state index is 10.6. The first kappa shape index (κ1) is 6.23. The average Bonchev–Trinajstić information content (AvgIpc) is 1.77. The quantitative estimate of drug-likeness (QED) is 0.482. The van der Waals surface area contributed by atoms with Gasteiger partial charge in [0.1, 0.15) is 5.94 Å². The Bertz CT molecular complexity index is 92.6. The van der Waals surface area contributed by atoms with Crippen molar-refractivity contribution in [1.29, 1.82) is 0 Å². The van der Waals surface area contributed by atoms with Gasteiger partial charge in [0.05, 0.1) is 6.10 Å². The average molecular weight is 134 g/mol. The van der Waals surface area contributed by atoms with Crippen molar-refractivity contribution in [3.63, 3.8) is 0 Å². The highest BCUT2D eigenvalue weighted by molar-refractivity contribution is 7.84. The second-order valence-electron chi connectivity index (χ2n) is 2.03. The fourth-order valence-electron chi connectivity index (χ4n) is 0.632. The van der Waals surface area contributed by atoms with Gasteiger partial charge in [0, 0.05) is 16.6 Å². The molecule has 3 heteroatoms. The van der Waals surface area contributed by atoms with Gasteiger partial charge >= 0.3 is 0 Å². The smallest absolute Gasteiger partial charge is 0.122 e. The summed E-state index contributed by atoms with van der Waals surface area (Å²) in [5.74, 6) is 1.27. The lowest BCUT2D eigenvalue weighted by Crippen LogP contribution is -2.22. The lowest BCUT2D eigenvalue weighted by molar-refractivity contribution is 0.0924. The minimum absolute atomic E-state index is 0.327. The van der Waals surface area contributed by atoms with Crippen LogP contribution in [0.5, 0.6) is 0 Å². The van der Waals surface area contributed by atoms with Crippen LogP contribution in [0.15, 0.2) is 0 Å². The number of hydrogen-bond acceptors (Lipinski definition) is 2. The van der Waals surface area contributed by atoms with Gasteiger partial charge in [0.25, 0.3) is 0 Å². The molecule has 0 spiro atoms. The minimum atomic E-state index is -0.683. The fraction of sp³-hybridized carbons (Fsp3) is 1.00. The first-order chi connectivity index (χ1) is 3.79. The van der Waals surface area contributed by atoms with Gasteiger partial charge in [-0.15, -0.1) is 0 Å². The summed E-state index contributed by atoms with van der Waals surface area (Å²) < 4.78 is 15.7. The molecule has 1 aliphatic rings. The molecule has 0 N–H and O–H groups in total. The van der Waals surface area contributed by atoms with E-state index < -0.39 is 10.8 Å². The van der Waals surface area contributed by atoms with Crippen LogP contribution in [-0.2, 0) is 15.5 Å². The van der Waals surface area contributed by atoms with Crippen molar-refractivity contribution >= 4 is 10.8 Å². The topological polar surface area (TPSA) is 26.3 Å². The zero-order chi connectivity index (χ0) is 5.98. The summed E-state index contributed by atoms with van der Waals surface area (Å²) in [5, 5.41) is 0. The van der Waals surface area contributed by atoms with E-state index in [2.05, 4.69) is 0 Å². The Morgan fingerprint density at radius 1 is 1.75 bits per heavy atom. The molecule has 1 rings (SSSR count). The Balaban J connectivity index is 2.29. The molecule has 1 aliphatic heterocycles. The zero-order valence-electron chi connectivity index (χ0n) is 4.92. The standard InChI is InChI=1S/C5H10O2S/c1-5-2-3-8(6)4-7-5/h5H,2-4H2,1H3. The van der Waals surface area contributed by atoms with Crippen molar-refractivity contribution < 1.29 is 8.95 Å². The third-order valence-corrected chi connectivity index (χ3v) is 2.33. The molecular formula is C5H10O2S. The molecule has 48 valence electrons. The first-order valence-electron chi connectivity index (χ1n) is 2.75. The summed E-state index contributed by atoms with van der Waals surface area (Å²) in [6.07, 6.45) is 1.28. The summed E-state index contributed by atoms with van der Waals surface area (Å²) in [4.78, 5) is 0. The van der Waals surface area contributed by atoms with Crippen LogP contribution in [0.3, 0.4) is 0 Å². The van der Waals surface area contributed by atoms with Gasteiger partial charge in [-0.2, -0.15) is 0 Å². The lowest BCUT2D eigenvalue weighted by atomic mass is 10.3. The summed E-state index contributed by atoms with van der Waals surface area (Å²) in [5.41, 5.74) is 0. The maximum absolute atomic E-state index is 10.6. The fourth-order valence-corrected chi connectivity index (χ4v) is 1.73. The first-order valence-corrected chi connectivity index (χ1v) is 4.24.